The van der Waals surface area contributed by atoms with Crippen LogP contribution in [0.3, 0.4) is 0 Å². The maximum atomic E-state index is 13.2. The number of benzene rings is 1. The van der Waals surface area contributed by atoms with Crippen LogP contribution in [-0.2, 0) is 24.5 Å². The van der Waals surface area contributed by atoms with Gasteiger partial charge in [0.05, 0.1) is 24.7 Å². The molecule has 0 radical (unpaired) electrons. The zero-order valence-electron chi connectivity index (χ0n) is 17.1. The van der Waals surface area contributed by atoms with Crippen LogP contribution in [0.1, 0.15) is 37.7 Å². The van der Waals surface area contributed by atoms with Gasteiger partial charge in [-0.05, 0) is 50.3 Å². The van der Waals surface area contributed by atoms with Gasteiger partial charge in [0, 0.05) is 36.2 Å². The van der Waals surface area contributed by atoms with E-state index in [1.165, 1.54) is 12.7 Å². The third-order valence-electron chi connectivity index (χ3n) is 9.34. The highest BCUT2D eigenvalue weighted by Crippen LogP contribution is 2.75. The van der Waals surface area contributed by atoms with Crippen molar-refractivity contribution in [3.05, 3.63) is 29.8 Å². The molecule has 6 atom stereocenters. The highest BCUT2D eigenvalue weighted by molar-refractivity contribution is 5.90. The standard InChI is InChI=1S/C23H28N2O4/c1-28-18-7-11-24-12-10-22-15-5-3-4-6-17(15)25(14-26)23(22)9-8-21(18,20(22)24)13-16(23)19(27)29-2/h3-6,14,16,18,20H,7-13H2,1-2H3/t16-,18+,20-,21?,22+,23?/m0/s1. The van der Waals surface area contributed by atoms with Crippen LogP contribution in [0.4, 0.5) is 5.69 Å². The van der Waals surface area contributed by atoms with Gasteiger partial charge in [0.2, 0.25) is 6.41 Å². The number of anilines is 1. The summed E-state index contributed by atoms with van der Waals surface area (Å²) in [6.07, 6.45) is 5.64. The number of nitrogens with zero attached hydrogens (tertiary/aromatic N) is 2. The Morgan fingerprint density at radius 1 is 1.17 bits per heavy atom. The fraction of sp³-hybridized carbons (Fsp3) is 0.652. The average Bonchev–Trinajstić information content (AvgIpc) is 3.29. The number of rotatable bonds is 3. The van der Waals surface area contributed by atoms with Crippen LogP contribution in [0.15, 0.2) is 24.3 Å². The maximum absolute atomic E-state index is 13.2. The quantitative estimate of drug-likeness (QED) is 0.579. The van der Waals surface area contributed by atoms with E-state index in [0.29, 0.717) is 6.04 Å². The molecule has 5 fully saturated rings. The lowest BCUT2D eigenvalue weighted by Gasteiger charge is -2.71. The van der Waals surface area contributed by atoms with Gasteiger partial charge in [-0.25, -0.2) is 0 Å². The van der Waals surface area contributed by atoms with Gasteiger partial charge in [-0.1, -0.05) is 18.2 Å². The number of ether oxygens (including phenoxy) is 2. The summed E-state index contributed by atoms with van der Waals surface area (Å²) in [6.45, 7) is 2.04. The lowest BCUT2D eigenvalue weighted by molar-refractivity contribution is -0.205. The molecule has 3 spiro atoms. The van der Waals surface area contributed by atoms with Crippen molar-refractivity contribution in [3.63, 3.8) is 0 Å². The number of carbonyl (C=O) groups is 2. The number of fused-ring (bicyclic) bond motifs is 3. The molecule has 2 saturated heterocycles. The Balaban J connectivity index is 1.69. The van der Waals surface area contributed by atoms with Crippen LogP contribution in [0, 0.1) is 11.3 Å². The van der Waals surface area contributed by atoms with Crippen molar-refractivity contribution >= 4 is 18.1 Å². The average molecular weight is 396 g/mol. The molecule has 3 aliphatic heterocycles. The predicted octanol–water partition coefficient (Wildman–Crippen LogP) is 2.11. The summed E-state index contributed by atoms with van der Waals surface area (Å²) < 4.78 is 11.4. The second kappa shape index (κ2) is 5.61. The normalized spacial score (nSPS) is 44.2. The van der Waals surface area contributed by atoms with Gasteiger partial charge in [0.15, 0.2) is 0 Å². The Hall–Kier alpha value is -1.92. The van der Waals surface area contributed by atoms with Crippen molar-refractivity contribution in [1.82, 2.24) is 4.90 Å². The monoisotopic (exact) mass is 396 g/mol. The highest BCUT2D eigenvalue weighted by Gasteiger charge is 2.82. The first-order valence-electron chi connectivity index (χ1n) is 10.8. The molecular weight excluding hydrogens is 368 g/mol. The molecule has 2 bridgehead atoms. The van der Waals surface area contributed by atoms with Crippen LogP contribution in [0.5, 0.6) is 0 Å². The largest absolute Gasteiger partial charge is 0.469 e. The fourth-order valence-electron chi connectivity index (χ4n) is 8.73. The zero-order chi connectivity index (χ0) is 20.0. The number of piperidine rings is 1. The van der Waals surface area contributed by atoms with E-state index in [4.69, 9.17) is 9.47 Å². The summed E-state index contributed by atoms with van der Waals surface area (Å²) in [7, 11) is 3.30. The maximum Gasteiger partial charge on any atom is 0.311 e. The minimum atomic E-state index is -0.539. The molecule has 3 saturated carbocycles. The van der Waals surface area contributed by atoms with Gasteiger partial charge >= 0.3 is 5.97 Å². The molecule has 29 heavy (non-hydrogen) atoms. The van der Waals surface area contributed by atoms with Gasteiger partial charge in [0.25, 0.3) is 0 Å². The molecule has 6 aliphatic rings. The second-order valence-corrected chi connectivity index (χ2v) is 9.60. The van der Waals surface area contributed by atoms with Crippen molar-refractivity contribution < 1.29 is 19.1 Å². The lowest BCUT2D eigenvalue weighted by Crippen LogP contribution is -2.81. The summed E-state index contributed by atoms with van der Waals surface area (Å²) in [4.78, 5) is 30.3. The number of carbonyl (C=O) groups excluding carboxylic acids is 2. The van der Waals surface area contributed by atoms with Crippen molar-refractivity contribution in [1.29, 1.82) is 0 Å². The molecular formula is C23H28N2O4. The molecule has 2 unspecified atom stereocenters. The van der Waals surface area contributed by atoms with Crippen LogP contribution < -0.4 is 4.90 Å². The number of amides is 1. The molecule has 0 N–H and O–H groups in total. The fourth-order valence-corrected chi connectivity index (χ4v) is 8.73. The molecule has 1 aromatic carbocycles. The van der Waals surface area contributed by atoms with Gasteiger partial charge in [-0.15, -0.1) is 0 Å². The second-order valence-electron chi connectivity index (χ2n) is 9.60. The molecule has 6 nitrogen and oxygen atoms in total. The number of hydrogen-bond acceptors (Lipinski definition) is 5. The third-order valence-corrected chi connectivity index (χ3v) is 9.34. The Bertz CT molecular complexity index is 905. The molecule has 6 heteroatoms. The minimum Gasteiger partial charge on any atom is -0.469 e. The summed E-state index contributed by atoms with van der Waals surface area (Å²) in [6, 6.07) is 8.63. The van der Waals surface area contributed by atoms with E-state index < -0.39 is 5.54 Å². The van der Waals surface area contributed by atoms with Crippen molar-refractivity contribution in [2.24, 2.45) is 11.3 Å². The van der Waals surface area contributed by atoms with E-state index in [1.54, 1.807) is 0 Å². The molecule has 3 aliphatic carbocycles. The first kappa shape index (κ1) is 17.9. The third kappa shape index (κ3) is 1.67. The minimum absolute atomic E-state index is 0.0733. The molecule has 7 rings (SSSR count). The van der Waals surface area contributed by atoms with Crippen LogP contribution in [0.25, 0.3) is 0 Å². The van der Waals surface area contributed by atoms with Crippen molar-refractivity contribution in [2.75, 3.05) is 32.2 Å². The molecule has 1 amide bonds. The van der Waals surface area contributed by atoms with E-state index >= 15 is 0 Å². The number of para-hydroxylation sites is 1. The van der Waals surface area contributed by atoms with Gasteiger partial charge in [-0.3, -0.25) is 14.5 Å². The van der Waals surface area contributed by atoms with E-state index in [0.717, 1.165) is 57.3 Å². The summed E-state index contributed by atoms with van der Waals surface area (Å²) >= 11 is 0. The van der Waals surface area contributed by atoms with E-state index in [1.807, 2.05) is 18.1 Å². The van der Waals surface area contributed by atoms with Gasteiger partial charge in [0.1, 0.15) is 0 Å². The zero-order valence-corrected chi connectivity index (χ0v) is 17.1. The Labute approximate surface area is 171 Å². The lowest BCUT2D eigenvalue weighted by atomic mass is 9.38. The predicted molar refractivity (Wildman–Crippen MR) is 107 cm³/mol. The van der Waals surface area contributed by atoms with E-state index in [9.17, 15) is 9.59 Å². The molecule has 0 aromatic heterocycles. The van der Waals surface area contributed by atoms with E-state index in [-0.39, 0.29) is 28.8 Å². The van der Waals surface area contributed by atoms with Crippen LogP contribution in [0.2, 0.25) is 0 Å². The molecule has 1 aromatic rings. The Morgan fingerprint density at radius 3 is 2.76 bits per heavy atom. The first-order chi connectivity index (χ1) is 14.1. The van der Waals surface area contributed by atoms with Crippen LogP contribution in [-0.4, -0.2) is 62.3 Å². The Kier molecular flexibility index (Phi) is 3.46. The van der Waals surface area contributed by atoms with Crippen LogP contribution >= 0.6 is 0 Å². The molecule has 3 heterocycles. The van der Waals surface area contributed by atoms with Crippen molar-refractivity contribution in [3.8, 4) is 0 Å². The molecule has 154 valence electrons. The van der Waals surface area contributed by atoms with Gasteiger partial charge in [-0.2, -0.15) is 0 Å². The number of esters is 1. The summed E-state index contributed by atoms with van der Waals surface area (Å²) in [5, 5.41) is 0. The topological polar surface area (TPSA) is 59.1 Å². The summed E-state index contributed by atoms with van der Waals surface area (Å²) in [5.41, 5.74) is 1.37. The van der Waals surface area contributed by atoms with Gasteiger partial charge < -0.3 is 14.4 Å². The SMILES string of the molecule is COC(=O)[C@@H]1CC23CCC14N(C=O)c1ccccc1[C@@]41CCN(CC[C@H]2OC)[C@@H]31. The first-order valence-corrected chi connectivity index (χ1v) is 10.8. The Morgan fingerprint density at radius 2 is 2.00 bits per heavy atom. The highest BCUT2D eigenvalue weighted by atomic mass is 16.5. The smallest absolute Gasteiger partial charge is 0.311 e. The van der Waals surface area contributed by atoms with Crippen molar-refractivity contribution in [2.45, 2.75) is 55.2 Å². The summed E-state index contributed by atoms with van der Waals surface area (Å²) in [5.74, 6) is -0.508. The van der Waals surface area contributed by atoms with E-state index in [2.05, 4.69) is 23.1 Å². The number of methoxy groups -OCH3 is 2. The number of hydrogen-bond donors (Lipinski definition) is 0.